The minimum absolute atomic E-state index is 0.333. The Hall–Kier alpha value is -0.160. The maximum Gasteiger partial charge on any atom is 0.104 e. The SMILES string of the molecule is C(CC1CO1)OC1CC1OCC1CO1. The Morgan fingerprint density at radius 2 is 1.71 bits per heavy atom. The lowest BCUT2D eigenvalue weighted by atomic mass is 10.3. The lowest BCUT2D eigenvalue weighted by Gasteiger charge is -2.02. The van der Waals surface area contributed by atoms with Crippen molar-refractivity contribution in [2.24, 2.45) is 0 Å². The zero-order chi connectivity index (χ0) is 9.38. The van der Waals surface area contributed by atoms with Gasteiger partial charge in [-0.1, -0.05) is 0 Å². The van der Waals surface area contributed by atoms with Gasteiger partial charge in [-0.2, -0.15) is 0 Å². The molecule has 0 amide bonds. The molecule has 3 rings (SSSR count). The fraction of sp³-hybridized carbons (Fsp3) is 1.00. The number of ether oxygens (including phenoxy) is 4. The van der Waals surface area contributed by atoms with Crippen molar-refractivity contribution < 1.29 is 18.9 Å². The van der Waals surface area contributed by atoms with Crippen molar-refractivity contribution in [2.75, 3.05) is 26.4 Å². The van der Waals surface area contributed by atoms with E-state index in [-0.39, 0.29) is 0 Å². The summed E-state index contributed by atoms with van der Waals surface area (Å²) in [6.07, 6.45) is 3.61. The zero-order valence-corrected chi connectivity index (χ0v) is 8.19. The predicted octanol–water partition coefficient (Wildman–Crippen LogP) is 0.348. The van der Waals surface area contributed by atoms with Crippen LogP contribution in [0.5, 0.6) is 0 Å². The lowest BCUT2D eigenvalue weighted by Crippen LogP contribution is -2.09. The van der Waals surface area contributed by atoms with E-state index in [9.17, 15) is 0 Å². The molecule has 0 radical (unpaired) electrons. The molecule has 2 heterocycles. The Morgan fingerprint density at radius 1 is 1.00 bits per heavy atom. The predicted molar refractivity (Wildman–Crippen MR) is 48.2 cm³/mol. The van der Waals surface area contributed by atoms with E-state index in [4.69, 9.17) is 18.9 Å². The van der Waals surface area contributed by atoms with Crippen molar-refractivity contribution in [3.05, 3.63) is 0 Å². The molecule has 4 unspecified atom stereocenters. The van der Waals surface area contributed by atoms with Crippen LogP contribution in [-0.4, -0.2) is 50.8 Å². The molecule has 0 spiro atoms. The highest BCUT2D eigenvalue weighted by molar-refractivity contribution is 4.90. The van der Waals surface area contributed by atoms with Gasteiger partial charge in [0.05, 0.1) is 38.1 Å². The van der Waals surface area contributed by atoms with Gasteiger partial charge in [0, 0.05) is 13.0 Å². The topological polar surface area (TPSA) is 43.5 Å². The molecule has 0 aromatic heterocycles. The second-order valence-corrected chi connectivity index (χ2v) is 4.22. The van der Waals surface area contributed by atoms with Crippen molar-refractivity contribution in [1.82, 2.24) is 0 Å². The normalized spacial score (nSPS) is 43.7. The first kappa shape index (κ1) is 9.09. The Kier molecular flexibility index (Phi) is 2.45. The Labute approximate surface area is 83.5 Å². The van der Waals surface area contributed by atoms with E-state index in [1.807, 2.05) is 0 Å². The summed E-state index contributed by atoms with van der Waals surface area (Å²) >= 11 is 0. The van der Waals surface area contributed by atoms with Gasteiger partial charge in [0.15, 0.2) is 0 Å². The van der Waals surface area contributed by atoms with Gasteiger partial charge in [-0.15, -0.1) is 0 Å². The number of rotatable bonds is 7. The largest absolute Gasteiger partial charge is 0.375 e. The molecular formula is C10H16O4. The van der Waals surface area contributed by atoms with Crippen LogP contribution in [0.4, 0.5) is 0 Å². The van der Waals surface area contributed by atoms with Crippen molar-refractivity contribution in [3.63, 3.8) is 0 Å². The Morgan fingerprint density at radius 3 is 2.43 bits per heavy atom. The van der Waals surface area contributed by atoms with Gasteiger partial charge in [-0.3, -0.25) is 0 Å². The molecule has 0 N–H and O–H groups in total. The van der Waals surface area contributed by atoms with Crippen LogP contribution >= 0.6 is 0 Å². The maximum atomic E-state index is 5.62. The summed E-state index contributed by atoms with van der Waals surface area (Å²) in [5.74, 6) is 0. The highest BCUT2D eigenvalue weighted by Gasteiger charge is 2.41. The van der Waals surface area contributed by atoms with Gasteiger partial charge >= 0.3 is 0 Å². The number of epoxide rings is 2. The van der Waals surface area contributed by atoms with Crippen LogP contribution in [0.3, 0.4) is 0 Å². The van der Waals surface area contributed by atoms with Gasteiger partial charge in [0.2, 0.25) is 0 Å². The van der Waals surface area contributed by atoms with E-state index in [1.165, 1.54) is 0 Å². The molecule has 14 heavy (non-hydrogen) atoms. The lowest BCUT2D eigenvalue weighted by molar-refractivity contribution is 0.0350. The first-order chi connectivity index (χ1) is 6.92. The van der Waals surface area contributed by atoms with E-state index in [0.717, 1.165) is 39.3 Å². The van der Waals surface area contributed by atoms with E-state index in [2.05, 4.69) is 0 Å². The maximum absolute atomic E-state index is 5.62. The van der Waals surface area contributed by atoms with Crippen LogP contribution in [0.1, 0.15) is 12.8 Å². The molecule has 3 fully saturated rings. The third-order valence-electron chi connectivity index (χ3n) is 2.75. The molecule has 2 aliphatic heterocycles. The molecule has 2 saturated heterocycles. The van der Waals surface area contributed by atoms with Gasteiger partial charge < -0.3 is 18.9 Å². The van der Waals surface area contributed by atoms with Crippen molar-refractivity contribution >= 4 is 0 Å². The number of hydrogen-bond donors (Lipinski definition) is 0. The molecule has 4 atom stereocenters. The van der Waals surface area contributed by atoms with E-state index in [0.29, 0.717) is 24.4 Å². The average molecular weight is 200 g/mol. The number of hydrogen-bond acceptors (Lipinski definition) is 4. The van der Waals surface area contributed by atoms with Crippen LogP contribution in [0.15, 0.2) is 0 Å². The van der Waals surface area contributed by atoms with E-state index >= 15 is 0 Å². The van der Waals surface area contributed by atoms with Gasteiger partial charge in [0.1, 0.15) is 6.10 Å². The zero-order valence-electron chi connectivity index (χ0n) is 8.19. The molecule has 1 saturated carbocycles. The van der Waals surface area contributed by atoms with Crippen molar-refractivity contribution in [3.8, 4) is 0 Å². The highest BCUT2D eigenvalue weighted by atomic mass is 16.6. The summed E-state index contributed by atoms with van der Waals surface area (Å²) < 4.78 is 21.4. The molecule has 0 aromatic carbocycles. The summed E-state index contributed by atoms with van der Waals surface area (Å²) in [5, 5.41) is 0. The highest BCUT2D eigenvalue weighted by Crippen LogP contribution is 2.30. The second kappa shape index (κ2) is 3.77. The quantitative estimate of drug-likeness (QED) is 0.556. The summed E-state index contributed by atoms with van der Waals surface area (Å²) in [4.78, 5) is 0. The molecule has 4 nitrogen and oxygen atoms in total. The van der Waals surface area contributed by atoms with Crippen LogP contribution in [-0.2, 0) is 18.9 Å². The van der Waals surface area contributed by atoms with Crippen molar-refractivity contribution in [2.45, 2.75) is 37.3 Å². The van der Waals surface area contributed by atoms with Crippen LogP contribution in [0, 0.1) is 0 Å². The van der Waals surface area contributed by atoms with Crippen LogP contribution in [0.25, 0.3) is 0 Å². The molecule has 0 aromatic rings. The molecule has 3 aliphatic rings. The average Bonchev–Trinajstić information content (AvgIpc) is 3.02. The van der Waals surface area contributed by atoms with Gasteiger partial charge in [-0.25, -0.2) is 0 Å². The third-order valence-corrected chi connectivity index (χ3v) is 2.75. The van der Waals surface area contributed by atoms with Crippen LogP contribution in [0.2, 0.25) is 0 Å². The molecule has 80 valence electrons. The Balaban J connectivity index is 1.21. The van der Waals surface area contributed by atoms with Crippen LogP contribution < -0.4 is 0 Å². The minimum Gasteiger partial charge on any atom is -0.375 e. The first-order valence-corrected chi connectivity index (χ1v) is 5.38. The molecule has 1 aliphatic carbocycles. The molecular weight excluding hydrogens is 184 g/mol. The first-order valence-electron chi connectivity index (χ1n) is 5.38. The van der Waals surface area contributed by atoms with E-state index < -0.39 is 0 Å². The smallest absolute Gasteiger partial charge is 0.104 e. The third kappa shape index (κ3) is 2.67. The van der Waals surface area contributed by atoms with Crippen molar-refractivity contribution in [1.29, 1.82) is 0 Å². The summed E-state index contributed by atoms with van der Waals surface area (Å²) in [5.41, 5.74) is 0. The summed E-state index contributed by atoms with van der Waals surface area (Å²) in [7, 11) is 0. The second-order valence-electron chi connectivity index (χ2n) is 4.22. The van der Waals surface area contributed by atoms with Gasteiger partial charge in [-0.05, 0) is 6.42 Å². The van der Waals surface area contributed by atoms with E-state index in [1.54, 1.807) is 0 Å². The Bertz CT molecular complexity index is 200. The monoisotopic (exact) mass is 200 g/mol. The molecule has 4 heteroatoms. The fourth-order valence-corrected chi connectivity index (χ4v) is 1.48. The summed E-state index contributed by atoms with van der Waals surface area (Å²) in [6, 6.07) is 0. The standard InChI is InChI=1S/C10H16O4/c1(7-4-12-7)2-11-9-3-10(9)14-6-8-5-13-8/h7-10H,1-6H2. The molecule has 0 bridgehead atoms. The van der Waals surface area contributed by atoms with Gasteiger partial charge in [0.25, 0.3) is 0 Å². The minimum atomic E-state index is 0.333. The fourth-order valence-electron chi connectivity index (χ4n) is 1.48. The summed E-state index contributed by atoms with van der Waals surface area (Å²) in [6.45, 7) is 3.36.